The molecule has 0 amide bonds. The highest BCUT2D eigenvalue weighted by Gasteiger charge is 2.11. The van der Waals surface area contributed by atoms with E-state index in [9.17, 15) is 0 Å². The second kappa shape index (κ2) is 5.43. The SMILES string of the molecule is Cc1ccc(-c2csc(CNC(C)(C)C)n2)c(C)c1. The first kappa shape index (κ1) is 14.2. The molecule has 102 valence electrons. The Bertz CT molecular complexity index is 564. The normalized spacial score (nSPS) is 11.8. The van der Waals surface area contributed by atoms with E-state index in [1.165, 1.54) is 16.7 Å². The molecule has 1 N–H and O–H groups in total. The molecule has 0 aliphatic rings. The number of benzene rings is 1. The Morgan fingerprint density at radius 3 is 2.58 bits per heavy atom. The van der Waals surface area contributed by atoms with Crippen LogP contribution in [0.25, 0.3) is 11.3 Å². The molecule has 0 fully saturated rings. The van der Waals surface area contributed by atoms with Crippen molar-refractivity contribution < 1.29 is 0 Å². The van der Waals surface area contributed by atoms with Gasteiger partial charge in [0, 0.05) is 23.0 Å². The Morgan fingerprint density at radius 1 is 1.21 bits per heavy atom. The number of hydrogen-bond donors (Lipinski definition) is 1. The van der Waals surface area contributed by atoms with Gasteiger partial charge in [-0.1, -0.05) is 23.8 Å². The van der Waals surface area contributed by atoms with Crippen LogP contribution in [0.3, 0.4) is 0 Å². The van der Waals surface area contributed by atoms with Gasteiger partial charge in [-0.05, 0) is 40.2 Å². The summed E-state index contributed by atoms with van der Waals surface area (Å²) in [4.78, 5) is 4.73. The van der Waals surface area contributed by atoms with Gasteiger partial charge in [0.2, 0.25) is 0 Å². The molecule has 19 heavy (non-hydrogen) atoms. The van der Waals surface area contributed by atoms with Crippen molar-refractivity contribution in [1.29, 1.82) is 0 Å². The van der Waals surface area contributed by atoms with Crippen LogP contribution in [0.4, 0.5) is 0 Å². The third-order valence-corrected chi connectivity index (χ3v) is 3.83. The van der Waals surface area contributed by atoms with Crippen LogP contribution in [0.5, 0.6) is 0 Å². The van der Waals surface area contributed by atoms with E-state index in [2.05, 4.69) is 63.5 Å². The number of nitrogens with zero attached hydrogens (tertiary/aromatic N) is 1. The molecule has 1 aromatic heterocycles. The summed E-state index contributed by atoms with van der Waals surface area (Å²) in [7, 11) is 0. The van der Waals surface area contributed by atoms with Gasteiger partial charge in [0.25, 0.3) is 0 Å². The van der Waals surface area contributed by atoms with Crippen LogP contribution in [0.2, 0.25) is 0 Å². The van der Waals surface area contributed by atoms with Crippen LogP contribution in [-0.2, 0) is 6.54 Å². The first-order valence-corrected chi connectivity index (χ1v) is 7.50. The van der Waals surface area contributed by atoms with Crippen molar-refractivity contribution in [3.8, 4) is 11.3 Å². The third-order valence-electron chi connectivity index (χ3n) is 2.98. The van der Waals surface area contributed by atoms with Crippen LogP contribution < -0.4 is 5.32 Å². The lowest BCUT2D eigenvalue weighted by atomic mass is 10.0. The van der Waals surface area contributed by atoms with Crippen LogP contribution in [-0.4, -0.2) is 10.5 Å². The van der Waals surface area contributed by atoms with Crippen molar-refractivity contribution in [2.24, 2.45) is 0 Å². The number of rotatable bonds is 3. The summed E-state index contributed by atoms with van der Waals surface area (Å²) >= 11 is 1.72. The zero-order valence-corrected chi connectivity index (χ0v) is 13.2. The zero-order valence-electron chi connectivity index (χ0n) is 12.4. The van der Waals surface area contributed by atoms with E-state index in [0.717, 1.165) is 17.2 Å². The molecule has 0 bridgehead atoms. The lowest BCUT2D eigenvalue weighted by molar-refractivity contribution is 0.424. The second-order valence-electron chi connectivity index (χ2n) is 6.05. The molecule has 2 aromatic rings. The predicted molar refractivity (Wildman–Crippen MR) is 83.6 cm³/mol. The largest absolute Gasteiger partial charge is 0.306 e. The van der Waals surface area contributed by atoms with Gasteiger partial charge in [0.05, 0.1) is 5.69 Å². The summed E-state index contributed by atoms with van der Waals surface area (Å²) < 4.78 is 0. The number of nitrogens with one attached hydrogen (secondary N) is 1. The molecule has 0 aliphatic heterocycles. The van der Waals surface area contributed by atoms with Gasteiger partial charge in [0.1, 0.15) is 5.01 Å². The molecule has 0 saturated heterocycles. The van der Waals surface area contributed by atoms with Gasteiger partial charge >= 0.3 is 0 Å². The van der Waals surface area contributed by atoms with Crippen molar-refractivity contribution in [1.82, 2.24) is 10.3 Å². The van der Waals surface area contributed by atoms with Crippen molar-refractivity contribution in [3.63, 3.8) is 0 Å². The molecule has 0 saturated carbocycles. The molecule has 0 radical (unpaired) electrons. The van der Waals surface area contributed by atoms with Gasteiger partial charge < -0.3 is 5.32 Å². The molecule has 1 aromatic carbocycles. The maximum absolute atomic E-state index is 4.73. The van der Waals surface area contributed by atoms with Crippen LogP contribution in [0.15, 0.2) is 23.6 Å². The Labute approximate surface area is 119 Å². The van der Waals surface area contributed by atoms with E-state index in [-0.39, 0.29) is 5.54 Å². The number of hydrogen-bond acceptors (Lipinski definition) is 3. The summed E-state index contributed by atoms with van der Waals surface area (Å²) in [6.07, 6.45) is 0. The Hall–Kier alpha value is -1.19. The molecule has 0 spiro atoms. The molecular formula is C16H22N2S. The fourth-order valence-electron chi connectivity index (χ4n) is 1.96. The minimum absolute atomic E-state index is 0.131. The van der Waals surface area contributed by atoms with E-state index in [0.29, 0.717) is 0 Å². The van der Waals surface area contributed by atoms with Gasteiger partial charge in [-0.25, -0.2) is 4.98 Å². The van der Waals surface area contributed by atoms with E-state index < -0.39 is 0 Å². The van der Waals surface area contributed by atoms with Crippen molar-refractivity contribution in [2.75, 3.05) is 0 Å². The van der Waals surface area contributed by atoms with Gasteiger partial charge in [0.15, 0.2) is 0 Å². The summed E-state index contributed by atoms with van der Waals surface area (Å²) in [6, 6.07) is 6.53. The Morgan fingerprint density at radius 2 is 1.95 bits per heavy atom. The lowest BCUT2D eigenvalue weighted by Gasteiger charge is -2.19. The van der Waals surface area contributed by atoms with Gasteiger partial charge in [-0.2, -0.15) is 0 Å². The highest BCUT2D eigenvalue weighted by molar-refractivity contribution is 7.09. The van der Waals surface area contributed by atoms with Gasteiger partial charge in [-0.3, -0.25) is 0 Å². The van der Waals surface area contributed by atoms with E-state index in [1.807, 2.05) is 0 Å². The fourth-order valence-corrected chi connectivity index (χ4v) is 2.69. The molecule has 3 heteroatoms. The van der Waals surface area contributed by atoms with E-state index >= 15 is 0 Å². The lowest BCUT2D eigenvalue weighted by Crippen LogP contribution is -2.34. The summed E-state index contributed by atoms with van der Waals surface area (Å²) in [5.41, 5.74) is 5.05. The first-order valence-electron chi connectivity index (χ1n) is 6.62. The van der Waals surface area contributed by atoms with E-state index in [4.69, 9.17) is 4.98 Å². The molecular weight excluding hydrogens is 252 g/mol. The van der Waals surface area contributed by atoms with Crippen LogP contribution in [0.1, 0.15) is 36.9 Å². The standard InChI is InChI=1S/C16H22N2S/c1-11-6-7-13(12(2)8-11)14-10-19-15(18-14)9-17-16(3,4)5/h6-8,10,17H,9H2,1-5H3. The third kappa shape index (κ3) is 3.88. The monoisotopic (exact) mass is 274 g/mol. The molecule has 0 atom stereocenters. The van der Waals surface area contributed by atoms with Crippen LogP contribution in [0, 0.1) is 13.8 Å². The quantitative estimate of drug-likeness (QED) is 0.902. The van der Waals surface area contributed by atoms with Crippen molar-refractivity contribution >= 4 is 11.3 Å². The molecule has 0 unspecified atom stereocenters. The topological polar surface area (TPSA) is 24.9 Å². The predicted octanol–water partition coefficient (Wildman–Crippen LogP) is 4.32. The summed E-state index contributed by atoms with van der Waals surface area (Å²) in [5.74, 6) is 0. The second-order valence-corrected chi connectivity index (χ2v) is 6.99. The van der Waals surface area contributed by atoms with Crippen molar-refractivity contribution in [3.05, 3.63) is 39.7 Å². The summed E-state index contributed by atoms with van der Waals surface area (Å²) in [5, 5.41) is 6.77. The zero-order chi connectivity index (χ0) is 14.0. The number of aryl methyl sites for hydroxylation is 2. The van der Waals surface area contributed by atoms with E-state index in [1.54, 1.807) is 11.3 Å². The average molecular weight is 274 g/mol. The number of aromatic nitrogens is 1. The van der Waals surface area contributed by atoms with Gasteiger partial charge in [-0.15, -0.1) is 11.3 Å². The Balaban J connectivity index is 2.16. The minimum atomic E-state index is 0.131. The molecule has 0 aliphatic carbocycles. The van der Waals surface area contributed by atoms with Crippen LogP contribution >= 0.6 is 11.3 Å². The average Bonchev–Trinajstić information content (AvgIpc) is 2.74. The first-order chi connectivity index (χ1) is 8.85. The smallest absolute Gasteiger partial charge is 0.107 e. The molecule has 2 nitrogen and oxygen atoms in total. The highest BCUT2D eigenvalue weighted by atomic mass is 32.1. The molecule has 2 rings (SSSR count). The fraction of sp³-hybridized carbons (Fsp3) is 0.438. The molecule has 1 heterocycles. The van der Waals surface area contributed by atoms with Crippen molar-refractivity contribution in [2.45, 2.75) is 46.7 Å². The maximum atomic E-state index is 4.73. The highest BCUT2D eigenvalue weighted by Crippen LogP contribution is 2.26. The maximum Gasteiger partial charge on any atom is 0.107 e. The minimum Gasteiger partial charge on any atom is -0.306 e. The number of thiazole rings is 1. The summed E-state index contributed by atoms with van der Waals surface area (Å²) in [6.45, 7) is 11.6. The Kier molecular flexibility index (Phi) is 4.07.